The molecular formula is C14H19N3O2. The zero-order valence-electron chi connectivity index (χ0n) is 11.0. The zero-order valence-corrected chi connectivity index (χ0v) is 11.0. The molecule has 1 aromatic rings. The summed E-state index contributed by atoms with van der Waals surface area (Å²) in [6.45, 7) is 4.51. The van der Waals surface area contributed by atoms with E-state index in [0.29, 0.717) is 32.0 Å². The molecule has 1 N–H and O–H groups in total. The van der Waals surface area contributed by atoms with E-state index >= 15 is 0 Å². The van der Waals surface area contributed by atoms with Crippen LogP contribution in [0.1, 0.15) is 21.7 Å². The van der Waals surface area contributed by atoms with Crippen molar-refractivity contribution >= 4 is 5.91 Å². The maximum atomic E-state index is 12.4. The summed E-state index contributed by atoms with van der Waals surface area (Å²) in [5, 5.41) is 3.35. The molecule has 2 aliphatic rings. The molecule has 0 saturated carbocycles. The van der Waals surface area contributed by atoms with Gasteiger partial charge in [0.25, 0.3) is 5.91 Å². The average molecular weight is 261 g/mol. The minimum absolute atomic E-state index is 0.0308. The van der Waals surface area contributed by atoms with Crippen molar-refractivity contribution in [2.45, 2.75) is 12.8 Å². The average Bonchev–Trinajstić information content (AvgIpc) is 2.72. The lowest BCUT2D eigenvalue weighted by Gasteiger charge is -2.26. The van der Waals surface area contributed by atoms with Gasteiger partial charge in [0, 0.05) is 31.7 Å². The summed E-state index contributed by atoms with van der Waals surface area (Å²) < 4.78 is 5.27. The molecule has 0 atom stereocenters. The Kier molecular flexibility index (Phi) is 3.75. The topological polar surface area (TPSA) is 54.5 Å². The van der Waals surface area contributed by atoms with E-state index < -0.39 is 0 Å². The van der Waals surface area contributed by atoms with Crippen molar-refractivity contribution in [1.82, 2.24) is 15.2 Å². The number of rotatable bonds is 1. The Bertz CT molecular complexity index is 470. The molecule has 0 radical (unpaired) electrons. The van der Waals surface area contributed by atoms with E-state index in [9.17, 15) is 4.79 Å². The fourth-order valence-electron chi connectivity index (χ4n) is 2.58. The molecule has 0 unspecified atom stereocenters. The summed E-state index contributed by atoms with van der Waals surface area (Å²) in [7, 11) is 0. The summed E-state index contributed by atoms with van der Waals surface area (Å²) in [6.07, 6.45) is 1.90. The van der Waals surface area contributed by atoms with Crippen molar-refractivity contribution in [2.24, 2.45) is 0 Å². The van der Waals surface area contributed by atoms with Crippen LogP contribution in [0.4, 0.5) is 0 Å². The standard InChI is InChI=1S/C14H19N3O2/c18-14(17-7-9-19-10-8-17)13-2-1-11-3-5-15-6-4-12(11)16-13/h1-2,15H,3-10H2. The number of carbonyl (C=O) groups excluding carboxylic acids is 1. The molecule has 5 nitrogen and oxygen atoms in total. The van der Waals surface area contributed by atoms with Crippen molar-refractivity contribution < 1.29 is 9.53 Å². The largest absolute Gasteiger partial charge is 0.378 e. The number of nitrogens with one attached hydrogen (secondary N) is 1. The zero-order chi connectivity index (χ0) is 13.1. The molecule has 3 rings (SSSR count). The highest BCUT2D eigenvalue weighted by molar-refractivity contribution is 5.92. The summed E-state index contributed by atoms with van der Waals surface area (Å²) in [5.41, 5.74) is 2.91. The SMILES string of the molecule is O=C(c1ccc2c(n1)CCNCC2)N1CCOCC1. The first-order valence-electron chi connectivity index (χ1n) is 6.91. The molecule has 19 heavy (non-hydrogen) atoms. The second-order valence-electron chi connectivity index (χ2n) is 4.96. The van der Waals surface area contributed by atoms with Crippen LogP contribution < -0.4 is 5.32 Å². The van der Waals surface area contributed by atoms with Crippen LogP contribution in [0.25, 0.3) is 0 Å². The number of hydrogen-bond acceptors (Lipinski definition) is 4. The van der Waals surface area contributed by atoms with Crippen molar-refractivity contribution in [3.8, 4) is 0 Å². The fraction of sp³-hybridized carbons (Fsp3) is 0.571. The molecule has 0 bridgehead atoms. The van der Waals surface area contributed by atoms with Crippen LogP contribution in [0.2, 0.25) is 0 Å². The van der Waals surface area contributed by atoms with E-state index in [1.807, 2.05) is 11.0 Å². The fourth-order valence-corrected chi connectivity index (χ4v) is 2.58. The number of carbonyl (C=O) groups is 1. The van der Waals surface area contributed by atoms with E-state index in [0.717, 1.165) is 31.6 Å². The Morgan fingerprint density at radius 2 is 2.00 bits per heavy atom. The van der Waals surface area contributed by atoms with Gasteiger partial charge in [0.15, 0.2) is 0 Å². The third-order valence-corrected chi connectivity index (χ3v) is 3.70. The first-order chi connectivity index (χ1) is 9.34. The van der Waals surface area contributed by atoms with Crippen molar-refractivity contribution in [3.05, 3.63) is 29.1 Å². The van der Waals surface area contributed by atoms with Gasteiger partial charge in [-0.3, -0.25) is 4.79 Å². The molecule has 3 heterocycles. The van der Waals surface area contributed by atoms with Crippen molar-refractivity contribution in [2.75, 3.05) is 39.4 Å². The molecule has 1 fully saturated rings. The van der Waals surface area contributed by atoms with Gasteiger partial charge in [-0.25, -0.2) is 4.98 Å². The van der Waals surface area contributed by atoms with Gasteiger partial charge in [-0.1, -0.05) is 6.07 Å². The smallest absolute Gasteiger partial charge is 0.272 e. The van der Waals surface area contributed by atoms with Crippen LogP contribution in [-0.2, 0) is 17.6 Å². The molecule has 0 spiro atoms. The molecule has 0 aliphatic carbocycles. The molecule has 0 aromatic carbocycles. The number of aromatic nitrogens is 1. The number of amides is 1. The van der Waals surface area contributed by atoms with Crippen LogP contribution in [0.15, 0.2) is 12.1 Å². The third kappa shape index (κ3) is 2.77. The monoisotopic (exact) mass is 261 g/mol. The maximum absolute atomic E-state index is 12.4. The Hall–Kier alpha value is -1.46. The molecular weight excluding hydrogens is 242 g/mol. The van der Waals surface area contributed by atoms with Gasteiger partial charge in [-0.15, -0.1) is 0 Å². The van der Waals surface area contributed by atoms with Gasteiger partial charge in [0.05, 0.1) is 13.2 Å². The molecule has 102 valence electrons. The second-order valence-corrected chi connectivity index (χ2v) is 4.96. The highest BCUT2D eigenvalue weighted by Gasteiger charge is 2.20. The number of pyridine rings is 1. The summed E-state index contributed by atoms with van der Waals surface area (Å²) in [5.74, 6) is 0.0308. The van der Waals surface area contributed by atoms with E-state index in [1.54, 1.807) is 0 Å². The summed E-state index contributed by atoms with van der Waals surface area (Å²) in [4.78, 5) is 18.8. The predicted molar refractivity (Wildman–Crippen MR) is 71.2 cm³/mol. The van der Waals surface area contributed by atoms with Gasteiger partial charge >= 0.3 is 0 Å². The van der Waals surface area contributed by atoms with Gasteiger partial charge in [0.2, 0.25) is 0 Å². The van der Waals surface area contributed by atoms with Crippen LogP contribution in [-0.4, -0.2) is 55.2 Å². The van der Waals surface area contributed by atoms with Gasteiger partial charge < -0.3 is 15.0 Å². The van der Waals surface area contributed by atoms with Crippen molar-refractivity contribution in [1.29, 1.82) is 0 Å². The number of ether oxygens (including phenoxy) is 1. The van der Waals surface area contributed by atoms with E-state index in [1.165, 1.54) is 5.56 Å². The number of nitrogens with zero attached hydrogens (tertiary/aromatic N) is 2. The molecule has 1 saturated heterocycles. The minimum Gasteiger partial charge on any atom is -0.378 e. The number of morpholine rings is 1. The molecule has 1 amide bonds. The normalized spacial score (nSPS) is 19.7. The Morgan fingerprint density at radius 3 is 2.84 bits per heavy atom. The Morgan fingerprint density at radius 1 is 1.21 bits per heavy atom. The van der Waals surface area contributed by atoms with Crippen LogP contribution in [0.5, 0.6) is 0 Å². The lowest BCUT2D eigenvalue weighted by molar-refractivity contribution is 0.0299. The highest BCUT2D eigenvalue weighted by Crippen LogP contribution is 2.13. The summed E-state index contributed by atoms with van der Waals surface area (Å²) in [6, 6.07) is 3.92. The first-order valence-corrected chi connectivity index (χ1v) is 6.91. The summed E-state index contributed by atoms with van der Waals surface area (Å²) >= 11 is 0. The van der Waals surface area contributed by atoms with Gasteiger partial charge in [0.1, 0.15) is 5.69 Å². The van der Waals surface area contributed by atoms with Crippen molar-refractivity contribution in [3.63, 3.8) is 0 Å². The highest BCUT2D eigenvalue weighted by atomic mass is 16.5. The van der Waals surface area contributed by atoms with E-state index in [4.69, 9.17) is 4.74 Å². The Balaban J connectivity index is 1.80. The van der Waals surface area contributed by atoms with Crippen LogP contribution in [0.3, 0.4) is 0 Å². The molecule has 5 heteroatoms. The van der Waals surface area contributed by atoms with Gasteiger partial charge in [-0.05, 0) is 24.6 Å². The number of fused-ring (bicyclic) bond motifs is 1. The van der Waals surface area contributed by atoms with Gasteiger partial charge in [-0.2, -0.15) is 0 Å². The lowest BCUT2D eigenvalue weighted by Crippen LogP contribution is -2.41. The minimum atomic E-state index is 0.0308. The second kappa shape index (κ2) is 5.67. The van der Waals surface area contributed by atoms with Crippen LogP contribution in [0, 0.1) is 0 Å². The number of hydrogen-bond donors (Lipinski definition) is 1. The van der Waals surface area contributed by atoms with E-state index in [2.05, 4.69) is 16.4 Å². The molecule has 1 aromatic heterocycles. The van der Waals surface area contributed by atoms with Crippen LogP contribution >= 0.6 is 0 Å². The Labute approximate surface area is 113 Å². The predicted octanol–water partition coefficient (Wildman–Crippen LogP) is 0.242. The third-order valence-electron chi connectivity index (χ3n) is 3.70. The maximum Gasteiger partial charge on any atom is 0.272 e. The first kappa shape index (κ1) is 12.6. The molecule has 2 aliphatic heterocycles. The quantitative estimate of drug-likeness (QED) is 0.787. The lowest BCUT2D eigenvalue weighted by atomic mass is 10.1. The van der Waals surface area contributed by atoms with E-state index in [-0.39, 0.29) is 5.91 Å².